The van der Waals surface area contributed by atoms with Crippen LogP contribution in [-0.2, 0) is 9.47 Å². The molecule has 0 bridgehead atoms. The van der Waals surface area contributed by atoms with E-state index in [0.717, 1.165) is 0 Å². The Balaban J connectivity index is 2.95. The molecule has 1 unspecified atom stereocenters. The van der Waals surface area contributed by atoms with Crippen molar-refractivity contribution in [2.45, 2.75) is 6.10 Å². The zero-order chi connectivity index (χ0) is 14.4. The Morgan fingerprint density at radius 3 is 2.84 bits per heavy atom. The fraction of sp³-hybridized carbons (Fsp3) is 0.500. The molecule has 0 saturated carbocycles. The summed E-state index contributed by atoms with van der Waals surface area (Å²) in [7, 11) is 4.50. The minimum Gasteiger partial charge on any atom is -0.465 e. The van der Waals surface area contributed by atoms with Crippen molar-refractivity contribution in [2.75, 3.05) is 45.1 Å². The van der Waals surface area contributed by atoms with Gasteiger partial charge < -0.3 is 25.2 Å². The average Bonchev–Trinajstić information content (AvgIpc) is 2.37. The molecule has 0 radical (unpaired) electrons. The number of likely N-dealkylation sites (N-methyl/N-ethyl adjacent to an activating group) is 1. The topological polar surface area (TPSA) is 97.9 Å². The largest absolute Gasteiger partial charge is 0.465 e. The Morgan fingerprint density at radius 1 is 1.58 bits per heavy atom. The second-order valence-electron chi connectivity index (χ2n) is 4.12. The maximum absolute atomic E-state index is 11.7. The number of hydrogen-bond donors (Lipinski definition) is 2. The number of carbonyl (C=O) groups excluding carboxylic acids is 1. The van der Waals surface area contributed by atoms with Crippen LogP contribution in [0.1, 0.15) is 10.4 Å². The van der Waals surface area contributed by atoms with Crippen LogP contribution < -0.4 is 10.6 Å². The van der Waals surface area contributed by atoms with Crippen molar-refractivity contribution in [1.29, 1.82) is 0 Å². The smallest absolute Gasteiger partial charge is 0.341 e. The number of hydrogen-bond acceptors (Lipinski definition) is 7. The van der Waals surface area contributed by atoms with Crippen LogP contribution in [0.5, 0.6) is 0 Å². The number of pyridine rings is 1. The standard InChI is InChI=1S/C12H19N3O4/c1-15(6-9(16)7-18-2)11-10(12(17)19-3)4-8(13)5-14-11/h4-5,9,16H,6-7,13H2,1-3H3. The van der Waals surface area contributed by atoms with E-state index in [1.807, 2.05) is 0 Å². The predicted molar refractivity (Wildman–Crippen MR) is 71.1 cm³/mol. The van der Waals surface area contributed by atoms with Gasteiger partial charge in [0.05, 0.1) is 31.7 Å². The molecule has 0 aromatic carbocycles. The molecule has 0 saturated heterocycles. The third-order valence-corrected chi connectivity index (χ3v) is 2.50. The van der Waals surface area contributed by atoms with Gasteiger partial charge in [0.1, 0.15) is 11.4 Å². The molecular weight excluding hydrogens is 250 g/mol. The Kier molecular flexibility index (Phi) is 5.53. The van der Waals surface area contributed by atoms with Gasteiger partial charge in [-0.05, 0) is 6.07 Å². The normalized spacial score (nSPS) is 12.0. The second-order valence-corrected chi connectivity index (χ2v) is 4.12. The number of ether oxygens (including phenoxy) is 2. The van der Waals surface area contributed by atoms with Crippen LogP contribution in [0.2, 0.25) is 0 Å². The SMILES string of the molecule is COCC(O)CN(C)c1ncc(N)cc1C(=O)OC. The van der Waals surface area contributed by atoms with Gasteiger partial charge in [0.25, 0.3) is 0 Å². The number of anilines is 2. The molecule has 1 heterocycles. The van der Waals surface area contributed by atoms with Crippen molar-refractivity contribution in [3.8, 4) is 0 Å². The molecule has 0 spiro atoms. The molecule has 1 rings (SSSR count). The Labute approximate surface area is 111 Å². The molecule has 0 amide bonds. The van der Waals surface area contributed by atoms with Gasteiger partial charge >= 0.3 is 5.97 Å². The van der Waals surface area contributed by atoms with Gasteiger partial charge in [-0.2, -0.15) is 0 Å². The molecule has 7 heteroatoms. The molecule has 19 heavy (non-hydrogen) atoms. The van der Waals surface area contributed by atoms with Crippen molar-refractivity contribution in [3.63, 3.8) is 0 Å². The number of aliphatic hydroxyl groups is 1. The monoisotopic (exact) mass is 269 g/mol. The van der Waals surface area contributed by atoms with Gasteiger partial charge in [0, 0.05) is 20.7 Å². The maximum atomic E-state index is 11.7. The van der Waals surface area contributed by atoms with Crippen molar-refractivity contribution in [2.24, 2.45) is 0 Å². The molecule has 7 nitrogen and oxygen atoms in total. The number of aromatic nitrogens is 1. The fourth-order valence-corrected chi connectivity index (χ4v) is 1.69. The third-order valence-electron chi connectivity index (χ3n) is 2.50. The van der Waals surface area contributed by atoms with Crippen LogP contribution in [0.4, 0.5) is 11.5 Å². The summed E-state index contributed by atoms with van der Waals surface area (Å²) in [5.74, 6) is -0.126. The number of nitrogens with two attached hydrogens (primary N) is 1. The lowest BCUT2D eigenvalue weighted by molar-refractivity contribution is 0.0598. The van der Waals surface area contributed by atoms with E-state index in [4.69, 9.17) is 10.5 Å². The number of esters is 1. The Morgan fingerprint density at radius 2 is 2.26 bits per heavy atom. The molecular formula is C12H19N3O4. The van der Waals surface area contributed by atoms with Crippen LogP contribution in [0.25, 0.3) is 0 Å². The lowest BCUT2D eigenvalue weighted by atomic mass is 10.2. The van der Waals surface area contributed by atoms with Crippen LogP contribution >= 0.6 is 0 Å². The van der Waals surface area contributed by atoms with Crippen molar-refractivity contribution < 1.29 is 19.4 Å². The highest BCUT2D eigenvalue weighted by molar-refractivity contribution is 5.95. The summed E-state index contributed by atoms with van der Waals surface area (Å²) < 4.78 is 9.54. The highest BCUT2D eigenvalue weighted by atomic mass is 16.5. The van der Waals surface area contributed by atoms with E-state index >= 15 is 0 Å². The molecule has 106 valence electrons. The van der Waals surface area contributed by atoms with E-state index in [2.05, 4.69) is 9.72 Å². The summed E-state index contributed by atoms with van der Waals surface area (Å²) in [6, 6.07) is 1.49. The van der Waals surface area contributed by atoms with E-state index in [1.165, 1.54) is 26.5 Å². The van der Waals surface area contributed by atoms with E-state index in [9.17, 15) is 9.90 Å². The first-order chi connectivity index (χ1) is 8.99. The molecule has 1 atom stereocenters. The molecule has 3 N–H and O–H groups in total. The average molecular weight is 269 g/mol. The van der Waals surface area contributed by atoms with Gasteiger partial charge in [-0.25, -0.2) is 9.78 Å². The molecule has 0 aliphatic heterocycles. The van der Waals surface area contributed by atoms with Crippen LogP contribution in [0.15, 0.2) is 12.3 Å². The summed E-state index contributed by atoms with van der Waals surface area (Å²) in [4.78, 5) is 17.4. The van der Waals surface area contributed by atoms with Gasteiger partial charge in [0.15, 0.2) is 0 Å². The van der Waals surface area contributed by atoms with Crippen LogP contribution in [0, 0.1) is 0 Å². The van der Waals surface area contributed by atoms with Crippen LogP contribution in [-0.4, -0.2) is 56.6 Å². The quantitative estimate of drug-likeness (QED) is 0.695. The summed E-state index contributed by atoms with van der Waals surface area (Å²) in [6.45, 7) is 0.474. The number of methoxy groups -OCH3 is 2. The first-order valence-electron chi connectivity index (χ1n) is 5.71. The maximum Gasteiger partial charge on any atom is 0.341 e. The zero-order valence-electron chi connectivity index (χ0n) is 11.3. The molecule has 0 fully saturated rings. The molecule has 0 aliphatic rings. The van der Waals surface area contributed by atoms with E-state index in [-0.39, 0.29) is 18.7 Å². The first-order valence-corrected chi connectivity index (χ1v) is 5.71. The fourth-order valence-electron chi connectivity index (χ4n) is 1.69. The lowest BCUT2D eigenvalue weighted by Crippen LogP contribution is -2.33. The number of nitrogen functional groups attached to an aromatic ring is 1. The molecule has 1 aromatic heterocycles. The highest BCUT2D eigenvalue weighted by Crippen LogP contribution is 2.20. The summed E-state index contributed by atoms with van der Waals surface area (Å²) >= 11 is 0. The highest BCUT2D eigenvalue weighted by Gasteiger charge is 2.18. The van der Waals surface area contributed by atoms with Gasteiger partial charge in [-0.1, -0.05) is 0 Å². The van der Waals surface area contributed by atoms with Crippen molar-refractivity contribution in [1.82, 2.24) is 4.98 Å². The molecule has 1 aromatic rings. The predicted octanol–water partition coefficient (Wildman–Crippen LogP) is -0.106. The number of rotatable bonds is 6. The summed E-state index contributed by atoms with van der Waals surface area (Å²) in [5.41, 5.74) is 6.24. The van der Waals surface area contributed by atoms with E-state index in [1.54, 1.807) is 11.9 Å². The van der Waals surface area contributed by atoms with Crippen molar-refractivity contribution >= 4 is 17.5 Å². The Bertz CT molecular complexity index is 439. The van der Waals surface area contributed by atoms with Gasteiger partial charge in [0.2, 0.25) is 0 Å². The van der Waals surface area contributed by atoms with Crippen LogP contribution in [0.3, 0.4) is 0 Å². The minimum absolute atomic E-state index is 0.201. The van der Waals surface area contributed by atoms with E-state index in [0.29, 0.717) is 11.5 Å². The van der Waals surface area contributed by atoms with Gasteiger partial charge in [-0.3, -0.25) is 0 Å². The lowest BCUT2D eigenvalue weighted by Gasteiger charge is -2.23. The number of nitrogens with zero attached hydrogens (tertiary/aromatic N) is 2. The third kappa shape index (κ3) is 4.08. The van der Waals surface area contributed by atoms with E-state index < -0.39 is 12.1 Å². The molecule has 0 aliphatic carbocycles. The van der Waals surface area contributed by atoms with Crippen molar-refractivity contribution in [3.05, 3.63) is 17.8 Å². The summed E-state index contributed by atoms with van der Waals surface area (Å²) in [6.07, 6.45) is 0.765. The summed E-state index contributed by atoms with van der Waals surface area (Å²) in [5, 5.41) is 9.69. The van der Waals surface area contributed by atoms with Gasteiger partial charge in [-0.15, -0.1) is 0 Å². The minimum atomic E-state index is -0.681. The zero-order valence-corrected chi connectivity index (χ0v) is 11.3. The first kappa shape index (κ1) is 15.2. The second kappa shape index (κ2) is 6.91. The number of aliphatic hydroxyl groups excluding tert-OH is 1. The Hall–Kier alpha value is -1.86. The number of carbonyl (C=O) groups is 1.